The Morgan fingerprint density at radius 1 is 1.13 bits per heavy atom. The van der Waals surface area contributed by atoms with Gasteiger partial charge in [0, 0.05) is 26.3 Å². The normalized spacial score (nSPS) is 31.5. The summed E-state index contributed by atoms with van der Waals surface area (Å²) in [7, 11) is -0.311. The fraction of sp³-hybridized carbons (Fsp3) is 0.560. The molecule has 1 aromatic heterocycles. The van der Waals surface area contributed by atoms with Crippen molar-refractivity contribution in [1.29, 1.82) is 0 Å². The maximum atomic E-state index is 6.47. The molecule has 4 atom stereocenters. The molecule has 1 aromatic carbocycles. The van der Waals surface area contributed by atoms with Crippen LogP contribution < -0.4 is 5.46 Å². The molecule has 0 N–H and O–H groups in total. The molecule has 0 amide bonds. The third kappa shape index (κ3) is 3.43. The van der Waals surface area contributed by atoms with E-state index in [9.17, 15) is 0 Å². The van der Waals surface area contributed by atoms with E-state index in [4.69, 9.17) is 14.3 Å². The molecular formula is C25H31BIrNO2-. The summed E-state index contributed by atoms with van der Waals surface area (Å²) < 4.78 is 12.9. The molecular weight excluding hydrogens is 549 g/mol. The van der Waals surface area contributed by atoms with E-state index in [0.29, 0.717) is 11.3 Å². The van der Waals surface area contributed by atoms with Crippen LogP contribution in [0.5, 0.6) is 0 Å². The van der Waals surface area contributed by atoms with Gasteiger partial charge in [-0.05, 0) is 53.6 Å². The molecule has 3 saturated carbocycles. The molecule has 1 unspecified atom stereocenters. The molecule has 2 aromatic rings. The number of rotatable bonds is 2. The predicted molar refractivity (Wildman–Crippen MR) is 117 cm³/mol. The summed E-state index contributed by atoms with van der Waals surface area (Å²) >= 11 is 0. The first-order valence-corrected chi connectivity index (χ1v) is 10.9. The zero-order valence-electron chi connectivity index (χ0n) is 18.8. The molecule has 0 spiro atoms. The molecule has 1 aliphatic heterocycles. The zero-order valence-corrected chi connectivity index (χ0v) is 21.2. The van der Waals surface area contributed by atoms with Crippen LogP contribution in [0.4, 0.5) is 0 Å². The van der Waals surface area contributed by atoms with Gasteiger partial charge in [-0.15, -0.1) is 35.4 Å². The summed E-state index contributed by atoms with van der Waals surface area (Å²) in [4.78, 5) is 4.69. The van der Waals surface area contributed by atoms with Crippen molar-refractivity contribution in [3.05, 3.63) is 48.2 Å². The van der Waals surface area contributed by atoms with Crippen LogP contribution in [0.1, 0.15) is 59.9 Å². The van der Waals surface area contributed by atoms with Gasteiger partial charge in [0.1, 0.15) is 0 Å². The van der Waals surface area contributed by atoms with Crippen LogP contribution in [-0.2, 0) is 34.8 Å². The third-order valence-corrected chi connectivity index (χ3v) is 7.83. The second-order valence-electron chi connectivity index (χ2n) is 11.1. The van der Waals surface area contributed by atoms with Gasteiger partial charge in [0.2, 0.25) is 0 Å². The first-order chi connectivity index (χ1) is 13.6. The van der Waals surface area contributed by atoms with Crippen molar-refractivity contribution in [2.24, 2.45) is 17.3 Å². The quantitative estimate of drug-likeness (QED) is 0.379. The number of nitrogens with zero attached hydrogens (tertiary/aromatic N) is 1. The largest absolute Gasteiger partial charge is 0.496 e. The number of pyridine rings is 1. The Morgan fingerprint density at radius 3 is 2.47 bits per heavy atom. The van der Waals surface area contributed by atoms with Crippen molar-refractivity contribution in [1.82, 2.24) is 4.98 Å². The summed E-state index contributed by atoms with van der Waals surface area (Å²) in [6.07, 6.45) is 4.46. The molecule has 1 saturated heterocycles. The van der Waals surface area contributed by atoms with Crippen LogP contribution in [0, 0.1) is 23.3 Å². The Bertz CT molecular complexity index is 922. The minimum absolute atomic E-state index is 0. The first kappa shape index (κ1) is 22.2. The van der Waals surface area contributed by atoms with Gasteiger partial charge in [-0.25, -0.2) is 0 Å². The van der Waals surface area contributed by atoms with Crippen LogP contribution in [0.3, 0.4) is 0 Å². The number of hydrogen-bond acceptors (Lipinski definition) is 3. The predicted octanol–water partition coefficient (Wildman–Crippen LogP) is 4.78. The molecule has 161 valence electrons. The maximum absolute atomic E-state index is 6.47. The van der Waals surface area contributed by atoms with E-state index in [0.717, 1.165) is 29.1 Å². The fourth-order valence-electron chi connectivity index (χ4n) is 5.61. The average Bonchev–Trinajstić information content (AvgIpc) is 3.05. The Balaban J connectivity index is 0.00000218. The smallest absolute Gasteiger partial charge is 0.401 e. The van der Waals surface area contributed by atoms with Gasteiger partial charge < -0.3 is 14.3 Å². The van der Waals surface area contributed by atoms with E-state index in [1.54, 1.807) is 0 Å². The van der Waals surface area contributed by atoms with Crippen LogP contribution in [0.2, 0.25) is 0 Å². The van der Waals surface area contributed by atoms with Crippen molar-refractivity contribution in [3.8, 4) is 11.3 Å². The van der Waals surface area contributed by atoms with E-state index in [1.165, 1.54) is 12.0 Å². The molecule has 30 heavy (non-hydrogen) atoms. The van der Waals surface area contributed by atoms with E-state index in [-0.39, 0.29) is 44.3 Å². The van der Waals surface area contributed by atoms with Gasteiger partial charge in [-0.3, -0.25) is 0 Å². The van der Waals surface area contributed by atoms with E-state index >= 15 is 0 Å². The van der Waals surface area contributed by atoms with E-state index in [2.05, 4.69) is 77.9 Å². The molecule has 4 fully saturated rings. The van der Waals surface area contributed by atoms with Crippen molar-refractivity contribution < 1.29 is 29.4 Å². The second kappa shape index (κ2) is 7.27. The van der Waals surface area contributed by atoms with Crippen LogP contribution in [0.25, 0.3) is 11.3 Å². The molecule has 4 aliphatic rings. The van der Waals surface area contributed by atoms with Gasteiger partial charge in [-0.1, -0.05) is 46.8 Å². The van der Waals surface area contributed by atoms with Gasteiger partial charge in [0.15, 0.2) is 0 Å². The molecule has 1 radical (unpaired) electrons. The van der Waals surface area contributed by atoms with Crippen molar-refractivity contribution >= 4 is 12.6 Å². The van der Waals surface area contributed by atoms with Gasteiger partial charge in [0.25, 0.3) is 0 Å². The summed E-state index contributed by atoms with van der Waals surface area (Å²) in [6.45, 7) is 13.7. The molecule has 5 heteroatoms. The summed E-state index contributed by atoms with van der Waals surface area (Å²) in [5, 5.41) is 0. The third-order valence-electron chi connectivity index (χ3n) is 7.83. The Kier molecular flexibility index (Phi) is 5.38. The monoisotopic (exact) mass is 581 g/mol. The van der Waals surface area contributed by atoms with Gasteiger partial charge in [0.05, 0.1) is 11.7 Å². The summed E-state index contributed by atoms with van der Waals surface area (Å²) in [5.41, 5.74) is 4.57. The van der Waals surface area contributed by atoms with Crippen molar-refractivity contribution in [2.45, 2.75) is 71.5 Å². The first-order valence-electron chi connectivity index (χ1n) is 10.9. The molecule has 2 heterocycles. The number of benzene rings is 1. The molecule has 6 rings (SSSR count). The molecule has 3 nitrogen and oxygen atoms in total. The standard InChI is InChI=1S/C25H31BNO2.Ir/c1-23(2,3)17-9-7-16(8-10-17)21-12-11-19(15-27-21)26-28-22-20-13-18(24(20,4)5)14-25(22,6)29-26;/h7,9-12,15,18,20,22H,13-14H2,1-6H3;/q-1;/t18?,20-,22+,25-;/m0./s1. The van der Waals surface area contributed by atoms with Crippen LogP contribution >= 0.6 is 0 Å². The van der Waals surface area contributed by atoms with E-state index in [1.807, 2.05) is 6.20 Å². The van der Waals surface area contributed by atoms with Gasteiger partial charge >= 0.3 is 7.12 Å². The number of hydrogen-bond donors (Lipinski definition) is 0. The van der Waals surface area contributed by atoms with Gasteiger partial charge in [-0.2, -0.15) is 0 Å². The minimum atomic E-state index is -0.311. The van der Waals surface area contributed by atoms with Crippen molar-refractivity contribution in [3.63, 3.8) is 0 Å². The van der Waals surface area contributed by atoms with Crippen molar-refractivity contribution in [2.75, 3.05) is 0 Å². The second-order valence-corrected chi connectivity index (χ2v) is 11.1. The maximum Gasteiger partial charge on any atom is 0.496 e. The van der Waals surface area contributed by atoms with E-state index < -0.39 is 0 Å². The summed E-state index contributed by atoms with van der Waals surface area (Å²) in [5.74, 6) is 1.35. The molecule has 2 bridgehead atoms. The Labute approximate surface area is 194 Å². The molecule has 3 aliphatic carbocycles. The topological polar surface area (TPSA) is 31.4 Å². The summed E-state index contributed by atoms with van der Waals surface area (Å²) in [6, 6.07) is 13.9. The minimum Gasteiger partial charge on any atom is -0.401 e. The van der Waals surface area contributed by atoms with Crippen LogP contribution in [-0.4, -0.2) is 23.8 Å². The number of aromatic nitrogens is 1. The zero-order chi connectivity index (χ0) is 20.6. The Morgan fingerprint density at radius 2 is 1.90 bits per heavy atom. The SMILES string of the molecule is CC(C)(C)c1c[c-]c(-c2ccc(B3O[C@@H]4[C@@H]5CC(C[C@]4(C)O3)C5(C)C)cn2)cc1.[Ir]. The fourth-order valence-corrected chi connectivity index (χ4v) is 5.61. The Hall–Kier alpha value is -0.996. The average molecular weight is 581 g/mol. The van der Waals surface area contributed by atoms with Crippen LogP contribution in [0.15, 0.2) is 36.5 Å².